The van der Waals surface area contributed by atoms with E-state index >= 15 is 0 Å². The van der Waals surface area contributed by atoms with Crippen molar-refractivity contribution in [2.75, 3.05) is 6.61 Å². The van der Waals surface area contributed by atoms with Crippen molar-refractivity contribution >= 4 is 27.7 Å². The molecule has 0 spiro atoms. The first-order valence-corrected chi connectivity index (χ1v) is 6.66. The Morgan fingerprint density at radius 2 is 2.06 bits per heavy atom. The zero-order valence-electron chi connectivity index (χ0n) is 9.09. The average molecular weight is 329 g/mol. The van der Waals surface area contributed by atoms with Gasteiger partial charge in [-0.05, 0) is 24.6 Å². The van der Waals surface area contributed by atoms with Crippen molar-refractivity contribution in [3.8, 4) is 0 Å². The number of halogens is 4. The molecular formula is C11H12BrF3OS. The molecular weight excluding hydrogens is 317 g/mol. The third-order valence-corrected chi connectivity index (χ3v) is 3.85. The van der Waals surface area contributed by atoms with Crippen LogP contribution in [-0.4, -0.2) is 17.0 Å². The lowest BCUT2D eigenvalue weighted by molar-refractivity contribution is -0.139. The molecule has 1 aromatic carbocycles. The average Bonchev–Trinajstić information content (AvgIpc) is 2.19. The topological polar surface area (TPSA) is 20.2 Å². The third-order valence-electron chi connectivity index (χ3n) is 2.11. The highest BCUT2D eigenvalue weighted by atomic mass is 79.9. The van der Waals surface area contributed by atoms with Crippen LogP contribution in [0, 0.1) is 0 Å². The molecule has 0 radical (unpaired) electrons. The molecule has 0 bridgehead atoms. The lowest BCUT2D eigenvalue weighted by atomic mass is 10.2. The molecule has 6 heteroatoms. The van der Waals surface area contributed by atoms with Gasteiger partial charge in [0.1, 0.15) is 0 Å². The second kappa shape index (κ2) is 6.11. The molecule has 0 heterocycles. The molecule has 1 N–H and O–H groups in total. The number of aliphatic hydroxyl groups is 1. The van der Waals surface area contributed by atoms with Crippen molar-refractivity contribution in [1.82, 2.24) is 0 Å². The van der Waals surface area contributed by atoms with E-state index < -0.39 is 11.7 Å². The molecule has 1 rings (SSSR count). The first kappa shape index (κ1) is 14.9. The Morgan fingerprint density at radius 1 is 1.41 bits per heavy atom. The van der Waals surface area contributed by atoms with E-state index in [4.69, 9.17) is 5.11 Å². The first-order chi connectivity index (χ1) is 7.84. The van der Waals surface area contributed by atoms with Crippen LogP contribution in [0.5, 0.6) is 0 Å². The monoisotopic (exact) mass is 328 g/mol. The summed E-state index contributed by atoms with van der Waals surface area (Å²) in [4.78, 5) is 0.196. The van der Waals surface area contributed by atoms with Gasteiger partial charge in [0.05, 0.1) is 5.56 Å². The van der Waals surface area contributed by atoms with E-state index in [-0.39, 0.29) is 16.8 Å². The Hall–Kier alpha value is -0.200. The van der Waals surface area contributed by atoms with E-state index in [1.807, 2.05) is 0 Å². The molecule has 1 unspecified atom stereocenters. The van der Waals surface area contributed by atoms with Crippen LogP contribution < -0.4 is 0 Å². The number of benzene rings is 1. The Bertz CT molecular complexity index is 381. The molecule has 0 amide bonds. The van der Waals surface area contributed by atoms with Gasteiger partial charge in [0.15, 0.2) is 0 Å². The molecule has 0 aromatic heterocycles. The maximum atomic E-state index is 12.8. The summed E-state index contributed by atoms with van der Waals surface area (Å²) >= 11 is 4.17. The van der Waals surface area contributed by atoms with Crippen molar-refractivity contribution in [3.63, 3.8) is 0 Å². The fraction of sp³-hybridized carbons (Fsp3) is 0.455. The third kappa shape index (κ3) is 4.52. The zero-order chi connectivity index (χ0) is 13.1. The van der Waals surface area contributed by atoms with Gasteiger partial charge in [-0.3, -0.25) is 0 Å². The van der Waals surface area contributed by atoms with Crippen LogP contribution in [0.25, 0.3) is 0 Å². The van der Waals surface area contributed by atoms with Gasteiger partial charge in [0.25, 0.3) is 0 Å². The smallest absolute Gasteiger partial charge is 0.396 e. The van der Waals surface area contributed by atoms with Gasteiger partial charge in [0.2, 0.25) is 0 Å². The quantitative estimate of drug-likeness (QED) is 0.830. The van der Waals surface area contributed by atoms with E-state index in [0.717, 1.165) is 17.8 Å². The SMILES string of the molecule is CC(CCO)Sc1ccc(Br)cc1C(F)(F)F. The maximum absolute atomic E-state index is 12.8. The van der Waals surface area contributed by atoms with Gasteiger partial charge in [-0.15, -0.1) is 11.8 Å². The summed E-state index contributed by atoms with van der Waals surface area (Å²) < 4.78 is 38.7. The number of hydrogen-bond acceptors (Lipinski definition) is 2. The first-order valence-electron chi connectivity index (χ1n) is 4.99. The molecule has 1 nitrogen and oxygen atoms in total. The Balaban J connectivity index is 2.99. The van der Waals surface area contributed by atoms with Gasteiger partial charge >= 0.3 is 6.18 Å². The van der Waals surface area contributed by atoms with Gasteiger partial charge in [0, 0.05) is 21.2 Å². The number of aliphatic hydroxyl groups excluding tert-OH is 1. The molecule has 17 heavy (non-hydrogen) atoms. The van der Waals surface area contributed by atoms with Crippen LogP contribution >= 0.6 is 27.7 Å². The summed E-state index contributed by atoms with van der Waals surface area (Å²) in [6.45, 7) is 1.77. The molecule has 1 aromatic rings. The van der Waals surface area contributed by atoms with Crippen LogP contribution in [0.4, 0.5) is 13.2 Å². The summed E-state index contributed by atoms with van der Waals surface area (Å²) in [5, 5.41) is 8.69. The van der Waals surface area contributed by atoms with Crippen LogP contribution in [0.3, 0.4) is 0 Å². The van der Waals surface area contributed by atoms with Crippen LogP contribution in [0.15, 0.2) is 27.6 Å². The van der Waals surface area contributed by atoms with Crippen molar-refractivity contribution < 1.29 is 18.3 Å². The molecule has 0 saturated carbocycles. The maximum Gasteiger partial charge on any atom is 0.417 e. The van der Waals surface area contributed by atoms with Crippen LogP contribution in [-0.2, 0) is 6.18 Å². The van der Waals surface area contributed by atoms with E-state index in [1.165, 1.54) is 6.07 Å². The second-order valence-corrected chi connectivity index (χ2v) is 5.97. The van der Waals surface area contributed by atoms with Crippen molar-refractivity contribution in [2.45, 2.75) is 29.7 Å². The van der Waals surface area contributed by atoms with Gasteiger partial charge in [-0.2, -0.15) is 13.2 Å². The Kier molecular flexibility index (Phi) is 5.34. The lowest BCUT2D eigenvalue weighted by Crippen LogP contribution is -2.08. The Labute approximate surface area is 111 Å². The number of thioether (sulfide) groups is 1. The fourth-order valence-corrected chi connectivity index (χ4v) is 2.75. The number of hydrogen-bond donors (Lipinski definition) is 1. The molecule has 0 saturated heterocycles. The van der Waals surface area contributed by atoms with Gasteiger partial charge < -0.3 is 5.11 Å². The minimum Gasteiger partial charge on any atom is -0.396 e. The summed E-state index contributed by atoms with van der Waals surface area (Å²) in [5.74, 6) is 0. The van der Waals surface area contributed by atoms with E-state index in [2.05, 4.69) is 15.9 Å². The zero-order valence-corrected chi connectivity index (χ0v) is 11.5. The lowest BCUT2D eigenvalue weighted by Gasteiger charge is -2.15. The van der Waals surface area contributed by atoms with Gasteiger partial charge in [-0.1, -0.05) is 22.9 Å². The largest absolute Gasteiger partial charge is 0.417 e. The molecule has 0 aliphatic carbocycles. The second-order valence-electron chi connectivity index (χ2n) is 3.58. The highest BCUT2D eigenvalue weighted by molar-refractivity contribution is 9.10. The normalized spacial score (nSPS) is 13.8. The van der Waals surface area contributed by atoms with Crippen molar-refractivity contribution in [1.29, 1.82) is 0 Å². The highest BCUT2D eigenvalue weighted by Gasteiger charge is 2.34. The molecule has 1 atom stereocenters. The van der Waals surface area contributed by atoms with Crippen molar-refractivity contribution in [2.24, 2.45) is 0 Å². The predicted octanol–water partition coefficient (Wildman–Crippen LogP) is 4.33. The van der Waals surface area contributed by atoms with E-state index in [0.29, 0.717) is 10.9 Å². The minimum atomic E-state index is -4.36. The Morgan fingerprint density at radius 3 is 2.59 bits per heavy atom. The summed E-state index contributed by atoms with van der Waals surface area (Å²) in [6, 6.07) is 4.11. The molecule has 0 fully saturated rings. The summed E-state index contributed by atoms with van der Waals surface area (Å²) in [5.41, 5.74) is -0.637. The van der Waals surface area contributed by atoms with Crippen molar-refractivity contribution in [3.05, 3.63) is 28.2 Å². The van der Waals surface area contributed by atoms with E-state index in [1.54, 1.807) is 13.0 Å². The standard InChI is InChI=1S/C11H12BrF3OS/c1-7(4-5-16)17-10-3-2-8(12)6-9(10)11(13,14)15/h2-3,6-7,16H,4-5H2,1H3. The van der Waals surface area contributed by atoms with E-state index in [9.17, 15) is 13.2 Å². The highest BCUT2D eigenvalue weighted by Crippen LogP contribution is 2.39. The van der Waals surface area contributed by atoms with Crippen LogP contribution in [0.1, 0.15) is 18.9 Å². The molecule has 0 aliphatic rings. The predicted molar refractivity (Wildman–Crippen MR) is 66.2 cm³/mol. The number of rotatable bonds is 4. The number of alkyl halides is 3. The summed E-state index contributed by atoms with van der Waals surface area (Å²) in [7, 11) is 0. The molecule has 0 aliphatic heterocycles. The summed E-state index contributed by atoms with van der Waals surface area (Å²) in [6.07, 6.45) is -3.89. The minimum absolute atomic E-state index is 0.0218. The molecule has 96 valence electrons. The van der Waals surface area contributed by atoms with Crippen LogP contribution in [0.2, 0.25) is 0 Å². The van der Waals surface area contributed by atoms with Gasteiger partial charge in [-0.25, -0.2) is 0 Å². The fourth-order valence-electron chi connectivity index (χ4n) is 1.28.